The van der Waals surface area contributed by atoms with Crippen molar-refractivity contribution in [2.45, 2.75) is 39.4 Å². The zero-order valence-corrected chi connectivity index (χ0v) is 10.9. The van der Waals surface area contributed by atoms with Crippen LogP contribution in [0.5, 0.6) is 0 Å². The maximum atomic E-state index is 13.5. The van der Waals surface area contributed by atoms with Gasteiger partial charge in [-0.05, 0) is 31.0 Å². The molecule has 0 amide bonds. The van der Waals surface area contributed by atoms with Crippen LogP contribution in [0.3, 0.4) is 0 Å². The summed E-state index contributed by atoms with van der Waals surface area (Å²) in [5.41, 5.74) is 1.26. The molecule has 1 N–H and O–H groups in total. The third-order valence-electron chi connectivity index (χ3n) is 2.60. The minimum atomic E-state index is -0.340. The third kappa shape index (κ3) is 4.87. The molecule has 98 valence electrons. The van der Waals surface area contributed by atoms with Crippen LogP contribution in [-0.2, 0) is 11.3 Å². The average molecular weight is 250 g/mol. The Bertz CT molecular complexity index is 432. The second-order valence-electron chi connectivity index (χ2n) is 4.12. The average Bonchev–Trinajstić information content (AvgIpc) is 2.39. The van der Waals surface area contributed by atoms with E-state index in [4.69, 9.17) is 9.84 Å². The summed E-state index contributed by atoms with van der Waals surface area (Å²) in [5, 5.41) is 8.62. The van der Waals surface area contributed by atoms with Crippen molar-refractivity contribution in [2.75, 3.05) is 6.61 Å². The van der Waals surface area contributed by atoms with Crippen molar-refractivity contribution < 1.29 is 14.2 Å². The molecular formula is C15H19FO2. The molecule has 2 nitrogen and oxygen atoms in total. The van der Waals surface area contributed by atoms with Crippen LogP contribution in [0, 0.1) is 17.7 Å². The number of ether oxygens (including phenoxy) is 1. The van der Waals surface area contributed by atoms with Gasteiger partial charge in [-0.25, -0.2) is 4.39 Å². The van der Waals surface area contributed by atoms with Gasteiger partial charge >= 0.3 is 0 Å². The van der Waals surface area contributed by atoms with Crippen LogP contribution in [0.1, 0.15) is 37.8 Å². The summed E-state index contributed by atoms with van der Waals surface area (Å²) in [5.74, 6) is 5.09. The van der Waals surface area contributed by atoms with Crippen molar-refractivity contribution in [1.29, 1.82) is 0 Å². The molecule has 0 aliphatic carbocycles. The summed E-state index contributed by atoms with van der Waals surface area (Å²) >= 11 is 0. The molecule has 1 unspecified atom stereocenters. The van der Waals surface area contributed by atoms with Crippen molar-refractivity contribution in [2.24, 2.45) is 0 Å². The van der Waals surface area contributed by atoms with Gasteiger partial charge in [0.05, 0.1) is 24.9 Å². The van der Waals surface area contributed by atoms with Crippen LogP contribution in [0.15, 0.2) is 18.2 Å². The maximum Gasteiger partial charge on any atom is 0.138 e. The Morgan fingerprint density at radius 3 is 2.89 bits per heavy atom. The molecule has 1 atom stereocenters. The second-order valence-corrected chi connectivity index (χ2v) is 4.12. The lowest BCUT2D eigenvalue weighted by molar-refractivity contribution is 0.0508. The fourth-order valence-corrected chi connectivity index (χ4v) is 1.33. The molecule has 0 aliphatic heterocycles. The van der Waals surface area contributed by atoms with Crippen LogP contribution in [0.2, 0.25) is 0 Å². The summed E-state index contributed by atoms with van der Waals surface area (Å²) in [7, 11) is 0. The third-order valence-corrected chi connectivity index (χ3v) is 2.60. The lowest BCUT2D eigenvalue weighted by Gasteiger charge is -2.10. The number of hydrogen-bond acceptors (Lipinski definition) is 2. The van der Waals surface area contributed by atoms with Gasteiger partial charge in [-0.1, -0.05) is 24.8 Å². The lowest BCUT2D eigenvalue weighted by Crippen LogP contribution is -2.06. The van der Waals surface area contributed by atoms with Crippen LogP contribution < -0.4 is 0 Å². The van der Waals surface area contributed by atoms with Crippen LogP contribution in [0.4, 0.5) is 4.39 Å². The fourth-order valence-electron chi connectivity index (χ4n) is 1.33. The van der Waals surface area contributed by atoms with Gasteiger partial charge in [-0.2, -0.15) is 0 Å². The van der Waals surface area contributed by atoms with E-state index in [1.165, 1.54) is 6.07 Å². The molecule has 0 heterocycles. The van der Waals surface area contributed by atoms with E-state index in [9.17, 15) is 4.39 Å². The zero-order valence-electron chi connectivity index (χ0n) is 10.9. The highest BCUT2D eigenvalue weighted by atomic mass is 19.1. The Kier molecular flexibility index (Phi) is 6.42. The summed E-state index contributed by atoms with van der Waals surface area (Å²) < 4.78 is 19.0. The largest absolute Gasteiger partial charge is 0.395 e. The summed E-state index contributed by atoms with van der Waals surface area (Å²) in [6.45, 7) is 4.52. The van der Waals surface area contributed by atoms with Gasteiger partial charge < -0.3 is 9.84 Å². The number of hydrogen-bond donors (Lipinski definition) is 1. The maximum absolute atomic E-state index is 13.5. The Hall–Kier alpha value is -1.37. The van der Waals surface area contributed by atoms with Gasteiger partial charge in [0.1, 0.15) is 5.82 Å². The smallest absolute Gasteiger partial charge is 0.138 e. The van der Waals surface area contributed by atoms with Crippen molar-refractivity contribution in [3.63, 3.8) is 0 Å². The molecule has 0 aliphatic rings. The van der Waals surface area contributed by atoms with Crippen molar-refractivity contribution in [3.8, 4) is 11.8 Å². The standard InChI is InChI=1S/C15H19FO2/c1-3-12(2)18-11-13-7-8-15(16)14(10-13)6-4-5-9-17/h7-8,10,12,17H,3,5,9,11H2,1-2H3. The van der Waals surface area contributed by atoms with E-state index < -0.39 is 0 Å². The highest BCUT2D eigenvalue weighted by Gasteiger charge is 2.03. The first-order valence-corrected chi connectivity index (χ1v) is 6.17. The Morgan fingerprint density at radius 2 is 2.22 bits per heavy atom. The van der Waals surface area contributed by atoms with E-state index in [1.54, 1.807) is 12.1 Å². The molecule has 3 heteroatoms. The summed E-state index contributed by atoms with van der Waals surface area (Å²) in [6, 6.07) is 4.80. The monoisotopic (exact) mass is 250 g/mol. The topological polar surface area (TPSA) is 29.5 Å². The van der Waals surface area contributed by atoms with E-state index >= 15 is 0 Å². The number of benzene rings is 1. The quantitative estimate of drug-likeness (QED) is 0.814. The van der Waals surface area contributed by atoms with Crippen molar-refractivity contribution >= 4 is 0 Å². The van der Waals surface area contributed by atoms with Gasteiger partial charge in [0.2, 0.25) is 0 Å². The SMILES string of the molecule is CCC(C)OCc1ccc(F)c(C#CCCO)c1. The number of aliphatic hydroxyl groups is 1. The molecular weight excluding hydrogens is 231 g/mol. The molecule has 0 fully saturated rings. The minimum Gasteiger partial charge on any atom is -0.395 e. The van der Waals surface area contributed by atoms with Gasteiger partial charge in [0.25, 0.3) is 0 Å². The van der Waals surface area contributed by atoms with E-state index in [0.717, 1.165) is 12.0 Å². The Morgan fingerprint density at radius 1 is 1.44 bits per heavy atom. The van der Waals surface area contributed by atoms with Gasteiger partial charge in [-0.15, -0.1) is 0 Å². The van der Waals surface area contributed by atoms with Crippen LogP contribution in [-0.4, -0.2) is 17.8 Å². The second kappa shape index (κ2) is 7.86. The molecule has 0 saturated heterocycles. The zero-order chi connectivity index (χ0) is 13.4. The predicted molar refractivity (Wildman–Crippen MR) is 69.5 cm³/mol. The predicted octanol–water partition coefficient (Wildman–Crippen LogP) is 2.87. The molecule has 1 aromatic rings. The van der Waals surface area contributed by atoms with Gasteiger partial charge in [0, 0.05) is 6.42 Å². The molecule has 0 spiro atoms. The van der Waals surface area contributed by atoms with E-state index in [1.807, 2.05) is 6.92 Å². The Balaban J connectivity index is 2.72. The fraction of sp³-hybridized carbons (Fsp3) is 0.467. The first kappa shape index (κ1) is 14.7. The van der Waals surface area contributed by atoms with E-state index in [2.05, 4.69) is 18.8 Å². The summed E-state index contributed by atoms with van der Waals surface area (Å²) in [4.78, 5) is 0. The first-order chi connectivity index (χ1) is 8.67. The minimum absolute atomic E-state index is 0.00850. The highest BCUT2D eigenvalue weighted by molar-refractivity contribution is 5.38. The number of aliphatic hydroxyl groups excluding tert-OH is 1. The normalized spacial score (nSPS) is 11.8. The lowest BCUT2D eigenvalue weighted by atomic mass is 10.1. The van der Waals surface area contributed by atoms with Crippen LogP contribution >= 0.6 is 0 Å². The molecule has 0 saturated carbocycles. The number of halogens is 1. The Labute approximate surface area is 108 Å². The van der Waals surface area contributed by atoms with Gasteiger partial charge in [0.15, 0.2) is 0 Å². The molecule has 0 radical (unpaired) electrons. The van der Waals surface area contributed by atoms with Crippen LogP contribution in [0.25, 0.3) is 0 Å². The molecule has 1 rings (SSSR count). The molecule has 0 bridgehead atoms. The molecule has 1 aromatic carbocycles. The number of rotatable bonds is 5. The highest BCUT2D eigenvalue weighted by Crippen LogP contribution is 2.12. The van der Waals surface area contributed by atoms with Crippen molar-refractivity contribution in [1.82, 2.24) is 0 Å². The summed E-state index contributed by atoms with van der Waals surface area (Å²) in [6.07, 6.45) is 1.50. The first-order valence-electron chi connectivity index (χ1n) is 6.17. The van der Waals surface area contributed by atoms with E-state index in [-0.39, 0.29) is 18.5 Å². The molecule has 0 aromatic heterocycles. The van der Waals surface area contributed by atoms with Crippen molar-refractivity contribution in [3.05, 3.63) is 35.1 Å². The molecule has 18 heavy (non-hydrogen) atoms. The van der Waals surface area contributed by atoms with Gasteiger partial charge in [-0.3, -0.25) is 0 Å². The van der Waals surface area contributed by atoms with E-state index in [0.29, 0.717) is 18.6 Å².